The second kappa shape index (κ2) is 6.46. The van der Waals surface area contributed by atoms with Crippen molar-refractivity contribution >= 4 is 11.6 Å². The van der Waals surface area contributed by atoms with Crippen LogP contribution in [0.25, 0.3) is 0 Å². The predicted octanol–water partition coefficient (Wildman–Crippen LogP) is 2.35. The average molecular weight is 317 g/mol. The molecule has 9 heteroatoms. The maximum absolute atomic E-state index is 13.4. The third-order valence-corrected chi connectivity index (χ3v) is 2.77. The number of nitrogens with one attached hydrogen (secondary N) is 2. The van der Waals surface area contributed by atoms with Gasteiger partial charge in [-0.2, -0.15) is 22.5 Å². The Labute approximate surface area is 122 Å². The lowest BCUT2D eigenvalue weighted by molar-refractivity contribution is -0.121. The first-order valence-corrected chi connectivity index (χ1v) is 6.16. The SMILES string of the molecule is CC(Nc1c(F)c(F)nc(F)c1F)C(=O)NCc1ccco1. The molecule has 0 spiro atoms. The third kappa shape index (κ3) is 3.35. The lowest BCUT2D eigenvalue weighted by atomic mass is 10.2. The number of anilines is 1. The fourth-order valence-electron chi connectivity index (χ4n) is 1.64. The highest BCUT2D eigenvalue weighted by atomic mass is 19.2. The standard InChI is InChI=1S/C13H11F4N3O2/c1-6(13(21)18-5-7-3-2-4-22-7)19-10-8(14)11(16)20-12(17)9(10)15/h2-4,6H,5H2,1H3,(H,18,21)(H,19,20). The van der Waals surface area contributed by atoms with Crippen LogP contribution in [0.1, 0.15) is 12.7 Å². The van der Waals surface area contributed by atoms with Crippen molar-refractivity contribution in [3.63, 3.8) is 0 Å². The van der Waals surface area contributed by atoms with Crippen LogP contribution in [0.2, 0.25) is 0 Å². The normalized spacial score (nSPS) is 12.0. The van der Waals surface area contributed by atoms with Gasteiger partial charge in [-0.15, -0.1) is 0 Å². The van der Waals surface area contributed by atoms with Gasteiger partial charge < -0.3 is 15.1 Å². The van der Waals surface area contributed by atoms with Gasteiger partial charge in [0.1, 0.15) is 17.5 Å². The monoisotopic (exact) mass is 317 g/mol. The lowest BCUT2D eigenvalue weighted by Crippen LogP contribution is -2.37. The molecular formula is C13H11F4N3O2. The van der Waals surface area contributed by atoms with Crippen LogP contribution in [-0.2, 0) is 11.3 Å². The number of amides is 1. The van der Waals surface area contributed by atoms with Crippen molar-refractivity contribution in [2.45, 2.75) is 19.5 Å². The van der Waals surface area contributed by atoms with Gasteiger partial charge in [-0.05, 0) is 19.1 Å². The molecule has 0 aliphatic carbocycles. The maximum Gasteiger partial charge on any atom is 0.253 e. The van der Waals surface area contributed by atoms with E-state index in [0.29, 0.717) is 5.76 Å². The molecule has 0 fully saturated rings. The molecular weight excluding hydrogens is 306 g/mol. The van der Waals surface area contributed by atoms with Crippen molar-refractivity contribution < 1.29 is 26.8 Å². The summed E-state index contributed by atoms with van der Waals surface area (Å²) in [7, 11) is 0. The number of nitrogens with zero attached hydrogens (tertiary/aromatic N) is 1. The third-order valence-electron chi connectivity index (χ3n) is 2.77. The number of carbonyl (C=O) groups excluding carboxylic acids is 1. The first kappa shape index (κ1) is 15.8. The lowest BCUT2D eigenvalue weighted by Gasteiger charge is -2.16. The average Bonchev–Trinajstić information content (AvgIpc) is 3.00. The van der Waals surface area contributed by atoms with Crippen molar-refractivity contribution in [2.24, 2.45) is 0 Å². The van der Waals surface area contributed by atoms with Gasteiger partial charge in [0.15, 0.2) is 0 Å². The summed E-state index contributed by atoms with van der Waals surface area (Å²) in [6.07, 6.45) is 1.41. The van der Waals surface area contributed by atoms with Gasteiger partial charge in [-0.3, -0.25) is 4.79 Å². The van der Waals surface area contributed by atoms with Crippen LogP contribution in [0.4, 0.5) is 23.2 Å². The van der Waals surface area contributed by atoms with Crippen molar-refractivity contribution in [1.82, 2.24) is 10.3 Å². The molecule has 118 valence electrons. The van der Waals surface area contributed by atoms with E-state index in [9.17, 15) is 22.4 Å². The zero-order valence-electron chi connectivity index (χ0n) is 11.3. The van der Waals surface area contributed by atoms with E-state index in [0.717, 1.165) is 0 Å². The van der Waals surface area contributed by atoms with E-state index >= 15 is 0 Å². The zero-order chi connectivity index (χ0) is 16.3. The number of carbonyl (C=O) groups is 1. The minimum Gasteiger partial charge on any atom is -0.467 e. The molecule has 2 rings (SSSR count). The molecule has 2 aromatic rings. The fourth-order valence-corrected chi connectivity index (χ4v) is 1.64. The minimum absolute atomic E-state index is 0.0574. The molecule has 2 aromatic heterocycles. The van der Waals surface area contributed by atoms with E-state index in [2.05, 4.69) is 15.6 Å². The second-order valence-corrected chi connectivity index (χ2v) is 4.36. The van der Waals surface area contributed by atoms with Gasteiger partial charge in [-0.25, -0.2) is 0 Å². The summed E-state index contributed by atoms with van der Waals surface area (Å²) in [5.74, 6) is -7.19. The van der Waals surface area contributed by atoms with Crippen molar-refractivity contribution in [3.8, 4) is 0 Å². The molecule has 1 amide bonds. The number of pyridine rings is 1. The molecule has 0 aliphatic rings. The summed E-state index contributed by atoms with van der Waals surface area (Å²) < 4.78 is 57.8. The Hall–Kier alpha value is -2.58. The molecule has 0 radical (unpaired) electrons. The Balaban J connectivity index is 2.05. The molecule has 0 saturated heterocycles. The van der Waals surface area contributed by atoms with Gasteiger partial charge >= 0.3 is 0 Å². The highest BCUT2D eigenvalue weighted by molar-refractivity contribution is 5.84. The summed E-state index contributed by atoms with van der Waals surface area (Å²) in [4.78, 5) is 14.2. The first-order chi connectivity index (χ1) is 10.4. The number of rotatable bonds is 5. The van der Waals surface area contributed by atoms with Gasteiger partial charge in [0.05, 0.1) is 12.8 Å². The highest BCUT2D eigenvalue weighted by Gasteiger charge is 2.24. The molecule has 2 N–H and O–H groups in total. The summed E-state index contributed by atoms with van der Waals surface area (Å²) in [5, 5.41) is 4.51. The van der Waals surface area contributed by atoms with Crippen LogP contribution in [0.3, 0.4) is 0 Å². The number of hydrogen-bond donors (Lipinski definition) is 2. The van der Waals surface area contributed by atoms with Crippen LogP contribution in [0.15, 0.2) is 22.8 Å². The van der Waals surface area contributed by atoms with Gasteiger partial charge in [-0.1, -0.05) is 0 Å². The Morgan fingerprint density at radius 2 is 1.91 bits per heavy atom. The van der Waals surface area contributed by atoms with E-state index in [1.807, 2.05) is 0 Å². The molecule has 1 unspecified atom stereocenters. The van der Waals surface area contributed by atoms with Gasteiger partial charge in [0, 0.05) is 0 Å². The van der Waals surface area contributed by atoms with E-state index in [1.165, 1.54) is 13.2 Å². The molecule has 0 aromatic carbocycles. The van der Waals surface area contributed by atoms with E-state index in [4.69, 9.17) is 4.42 Å². The summed E-state index contributed by atoms with van der Waals surface area (Å²) in [5.41, 5.74) is -1.09. The Bertz CT molecular complexity index is 650. The minimum atomic E-state index is -1.80. The number of furan rings is 1. The maximum atomic E-state index is 13.4. The number of halogens is 4. The highest BCUT2D eigenvalue weighted by Crippen LogP contribution is 2.22. The molecule has 2 heterocycles. The van der Waals surface area contributed by atoms with Crippen molar-refractivity contribution in [1.29, 1.82) is 0 Å². The molecule has 22 heavy (non-hydrogen) atoms. The van der Waals surface area contributed by atoms with Crippen LogP contribution in [-0.4, -0.2) is 16.9 Å². The second-order valence-electron chi connectivity index (χ2n) is 4.36. The van der Waals surface area contributed by atoms with Gasteiger partial charge in [0.25, 0.3) is 11.9 Å². The first-order valence-electron chi connectivity index (χ1n) is 6.16. The van der Waals surface area contributed by atoms with E-state index < -0.39 is 41.2 Å². The smallest absolute Gasteiger partial charge is 0.253 e. The summed E-state index contributed by atoms with van der Waals surface area (Å²) >= 11 is 0. The molecule has 0 aliphatic heterocycles. The van der Waals surface area contributed by atoms with E-state index in [1.54, 1.807) is 12.1 Å². The quantitative estimate of drug-likeness (QED) is 0.656. The number of aromatic nitrogens is 1. The Kier molecular flexibility index (Phi) is 4.64. The topological polar surface area (TPSA) is 67.2 Å². The van der Waals surface area contributed by atoms with Crippen LogP contribution < -0.4 is 10.6 Å². The van der Waals surface area contributed by atoms with Crippen LogP contribution in [0, 0.1) is 23.5 Å². The number of hydrogen-bond acceptors (Lipinski definition) is 4. The van der Waals surface area contributed by atoms with Crippen LogP contribution in [0.5, 0.6) is 0 Å². The van der Waals surface area contributed by atoms with Crippen molar-refractivity contribution in [3.05, 3.63) is 47.7 Å². The largest absolute Gasteiger partial charge is 0.467 e. The summed E-state index contributed by atoms with van der Waals surface area (Å²) in [6.45, 7) is 1.33. The van der Waals surface area contributed by atoms with Gasteiger partial charge in [0.2, 0.25) is 17.5 Å². The van der Waals surface area contributed by atoms with E-state index in [-0.39, 0.29) is 6.54 Å². The van der Waals surface area contributed by atoms with Crippen LogP contribution >= 0.6 is 0 Å². The zero-order valence-corrected chi connectivity index (χ0v) is 11.3. The molecule has 5 nitrogen and oxygen atoms in total. The molecule has 0 bridgehead atoms. The van der Waals surface area contributed by atoms with Crippen molar-refractivity contribution in [2.75, 3.05) is 5.32 Å². The fraction of sp³-hybridized carbons (Fsp3) is 0.231. The molecule has 1 atom stereocenters. The Morgan fingerprint density at radius 1 is 1.27 bits per heavy atom. The predicted molar refractivity (Wildman–Crippen MR) is 67.7 cm³/mol. The Morgan fingerprint density at radius 3 is 2.45 bits per heavy atom. The summed E-state index contributed by atoms with van der Waals surface area (Å²) in [6, 6.07) is 2.09. The molecule has 0 saturated carbocycles.